The molecule has 1 aliphatic heterocycles. The normalized spacial score (nSPS) is 15.1. The Balaban J connectivity index is 0.00000166. The highest BCUT2D eigenvalue weighted by molar-refractivity contribution is 5.99. The van der Waals surface area contributed by atoms with E-state index in [0.717, 1.165) is 32.5 Å². The zero-order valence-corrected chi connectivity index (χ0v) is 18.3. The van der Waals surface area contributed by atoms with Crippen LogP contribution in [0.3, 0.4) is 0 Å². The summed E-state index contributed by atoms with van der Waals surface area (Å²) in [5, 5.41) is 8.59. The SMILES string of the molecule is CC.O=C(/C=C/c1ccc2c(c1)C(=O)CCCN(Cc1ccccc1)CCCO2)NO. The molecule has 1 heterocycles. The van der Waals surface area contributed by atoms with Gasteiger partial charge in [0.25, 0.3) is 5.91 Å². The molecule has 1 aliphatic rings. The molecule has 0 radical (unpaired) electrons. The topological polar surface area (TPSA) is 78.9 Å². The van der Waals surface area contributed by atoms with E-state index in [1.807, 2.05) is 32.0 Å². The van der Waals surface area contributed by atoms with Crippen LogP contribution in [0.25, 0.3) is 6.08 Å². The van der Waals surface area contributed by atoms with Gasteiger partial charge in [-0.05, 0) is 48.7 Å². The van der Waals surface area contributed by atoms with Gasteiger partial charge in [-0.15, -0.1) is 0 Å². The summed E-state index contributed by atoms with van der Waals surface area (Å²) in [6, 6.07) is 15.6. The van der Waals surface area contributed by atoms with Crippen LogP contribution in [-0.2, 0) is 11.3 Å². The van der Waals surface area contributed by atoms with E-state index in [4.69, 9.17) is 9.94 Å². The van der Waals surface area contributed by atoms with Crippen LogP contribution in [0.1, 0.15) is 54.6 Å². The van der Waals surface area contributed by atoms with Gasteiger partial charge in [0, 0.05) is 25.6 Å². The molecule has 1 amide bonds. The molecule has 6 nitrogen and oxygen atoms in total. The van der Waals surface area contributed by atoms with Crippen LogP contribution in [0.2, 0.25) is 0 Å². The lowest BCUT2D eigenvalue weighted by molar-refractivity contribution is -0.124. The van der Waals surface area contributed by atoms with E-state index in [-0.39, 0.29) is 5.78 Å². The van der Waals surface area contributed by atoms with Gasteiger partial charge in [-0.2, -0.15) is 0 Å². The van der Waals surface area contributed by atoms with Gasteiger partial charge in [-0.3, -0.25) is 19.7 Å². The number of ether oxygens (including phenoxy) is 1. The highest BCUT2D eigenvalue weighted by atomic mass is 16.5. The van der Waals surface area contributed by atoms with Gasteiger partial charge < -0.3 is 4.74 Å². The van der Waals surface area contributed by atoms with Crippen LogP contribution < -0.4 is 10.2 Å². The first-order valence-corrected chi connectivity index (χ1v) is 10.8. The van der Waals surface area contributed by atoms with E-state index in [0.29, 0.717) is 29.9 Å². The number of hydrogen-bond acceptors (Lipinski definition) is 5. The van der Waals surface area contributed by atoms with Crippen LogP contribution in [0, 0.1) is 0 Å². The van der Waals surface area contributed by atoms with Crippen LogP contribution >= 0.6 is 0 Å². The highest BCUT2D eigenvalue weighted by Gasteiger charge is 2.16. The average Bonchev–Trinajstić information content (AvgIpc) is 2.84. The van der Waals surface area contributed by atoms with E-state index < -0.39 is 5.91 Å². The third-order valence-corrected chi connectivity index (χ3v) is 4.84. The lowest BCUT2D eigenvalue weighted by Gasteiger charge is -2.22. The molecule has 0 atom stereocenters. The number of amides is 1. The predicted octanol–water partition coefficient (Wildman–Crippen LogP) is 4.48. The van der Waals surface area contributed by atoms with Gasteiger partial charge in [-0.25, -0.2) is 5.48 Å². The summed E-state index contributed by atoms with van der Waals surface area (Å²) in [6.45, 7) is 7.17. The Morgan fingerprint density at radius 3 is 2.61 bits per heavy atom. The zero-order chi connectivity index (χ0) is 22.5. The summed E-state index contributed by atoms with van der Waals surface area (Å²) >= 11 is 0. The minimum absolute atomic E-state index is 0.0309. The number of hydroxylamine groups is 1. The van der Waals surface area contributed by atoms with Gasteiger partial charge in [0.2, 0.25) is 0 Å². The fraction of sp³-hybridized carbons (Fsp3) is 0.360. The minimum Gasteiger partial charge on any atom is -0.493 e. The second-order valence-electron chi connectivity index (χ2n) is 7.06. The van der Waals surface area contributed by atoms with Gasteiger partial charge in [-0.1, -0.05) is 50.2 Å². The number of hydrogen-bond donors (Lipinski definition) is 2. The second kappa shape index (κ2) is 13.4. The molecule has 0 aromatic heterocycles. The first-order chi connectivity index (χ1) is 15.2. The molecular weight excluding hydrogens is 392 g/mol. The van der Waals surface area contributed by atoms with Crippen molar-refractivity contribution in [3.63, 3.8) is 0 Å². The highest BCUT2D eigenvalue weighted by Crippen LogP contribution is 2.24. The summed E-state index contributed by atoms with van der Waals surface area (Å²) in [4.78, 5) is 26.3. The van der Waals surface area contributed by atoms with Crippen molar-refractivity contribution in [1.82, 2.24) is 10.4 Å². The summed E-state index contributed by atoms with van der Waals surface area (Å²) in [5.74, 6) is -0.0127. The Bertz CT molecular complexity index is 865. The number of rotatable bonds is 4. The Hall–Kier alpha value is -2.96. The third-order valence-electron chi connectivity index (χ3n) is 4.84. The zero-order valence-electron chi connectivity index (χ0n) is 18.3. The maximum Gasteiger partial charge on any atom is 0.267 e. The quantitative estimate of drug-likeness (QED) is 0.430. The number of carbonyl (C=O) groups is 2. The molecule has 0 spiro atoms. The summed E-state index contributed by atoms with van der Waals surface area (Å²) < 4.78 is 5.90. The fourth-order valence-corrected chi connectivity index (χ4v) is 3.38. The van der Waals surface area contributed by atoms with E-state index in [1.54, 1.807) is 29.8 Å². The Morgan fingerprint density at radius 1 is 1.13 bits per heavy atom. The van der Waals surface area contributed by atoms with Crippen molar-refractivity contribution >= 4 is 17.8 Å². The molecule has 2 N–H and O–H groups in total. The van der Waals surface area contributed by atoms with Crippen molar-refractivity contribution in [2.24, 2.45) is 0 Å². The second-order valence-corrected chi connectivity index (χ2v) is 7.06. The summed E-state index contributed by atoms with van der Waals surface area (Å²) in [6.07, 6.45) is 4.84. The van der Waals surface area contributed by atoms with Gasteiger partial charge in [0.15, 0.2) is 5.78 Å². The molecule has 0 bridgehead atoms. The maximum atomic E-state index is 12.8. The van der Waals surface area contributed by atoms with Crippen LogP contribution in [0.5, 0.6) is 5.75 Å². The van der Waals surface area contributed by atoms with Crippen molar-refractivity contribution in [3.05, 3.63) is 71.3 Å². The van der Waals surface area contributed by atoms with Crippen LogP contribution in [0.4, 0.5) is 0 Å². The molecule has 0 aliphatic carbocycles. The standard InChI is InChI=1S/C23H26N2O4.C2H6/c26-21-8-4-13-25(17-19-6-2-1-3-7-19)14-5-15-29-22-11-9-18(16-20(21)22)10-12-23(27)24-28;1-2/h1-3,6-7,9-12,16,28H,4-5,8,13-15,17H2,(H,24,27);1-2H3/b12-10+;. The Kier molecular flexibility index (Phi) is 10.5. The molecule has 3 rings (SSSR count). The fourth-order valence-electron chi connectivity index (χ4n) is 3.38. The van der Waals surface area contributed by atoms with E-state index >= 15 is 0 Å². The number of nitrogens with one attached hydrogen (secondary N) is 1. The molecule has 6 heteroatoms. The number of carbonyl (C=O) groups excluding carboxylic acids is 2. The molecule has 0 saturated heterocycles. The number of Topliss-reactive ketones (excluding diaryl/α,β-unsaturated/α-hetero) is 1. The lowest BCUT2D eigenvalue weighted by Crippen LogP contribution is -2.26. The third kappa shape index (κ3) is 8.00. The average molecular weight is 425 g/mol. The Morgan fingerprint density at radius 2 is 1.87 bits per heavy atom. The summed E-state index contributed by atoms with van der Waals surface area (Å²) in [5.41, 5.74) is 4.05. The molecule has 2 aromatic carbocycles. The maximum absolute atomic E-state index is 12.8. The van der Waals surface area contributed by atoms with E-state index in [1.165, 1.54) is 11.6 Å². The van der Waals surface area contributed by atoms with Crippen molar-refractivity contribution in [3.8, 4) is 5.75 Å². The number of nitrogens with zero attached hydrogens (tertiary/aromatic N) is 1. The van der Waals surface area contributed by atoms with Gasteiger partial charge in [0.05, 0.1) is 12.2 Å². The van der Waals surface area contributed by atoms with Crippen LogP contribution in [-0.4, -0.2) is 41.5 Å². The van der Waals surface area contributed by atoms with E-state index in [9.17, 15) is 9.59 Å². The number of ketones is 1. The minimum atomic E-state index is -0.623. The van der Waals surface area contributed by atoms with Gasteiger partial charge in [0.1, 0.15) is 5.75 Å². The molecule has 0 unspecified atom stereocenters. The molecular formula is C25H32N2O4. The van der Waals surface area contributed by atoms with Crippen molar-refractivity contribution < 1.29 is 19.5 Å². The smallest absolute Gasteiger partial charge is 0.267 e. The Labute approximate surface area is 184 Å². The molecule has 2 aromatic rings. The monoisotopic (exact) mass is 424 g/mol. The molecule has 0 saturated carbocycles. The van der Waals surface area contributed by atoms with Crippen molar-refractivity contribution in [2.75, 3.05) is 19.7 Å². The van der Waals surface area contributed by atoms with Crippen LogP contribution in [0.15, 0.2) is 54.6 Å². The summed E-state index contributed by atoms with van der Waals surface area (Å²) in [7, 11) is 0. The molecule has 31 heavy (non-hydrogen) atoms. The first-order valence-electron chi connectivity index (χ1n) is 10.8. The number of fused-ring (bicyclic) bond motifs is 1. The van der Waals surface area contributed by atoms with Crippen molar-refractivity contribution in [1.29, 1.82) is 0 Å². The van der Waals surface area contributed by atoms with E-state index in [2.05, 4.69) is 17.0 Å². The predicted molar refractivity (Wildman–Crippen MR) is 122 cm³/mol. The van der Waals surface area contributed by atoms with Gasteiger partial charge >= 0.3 is 0 Å². The lowest BCUT2D eigenvalue weighted by atomic mass is 10.0. The largest absolute Gasteiger partial charge is 0.493 e. The molecule has 166 valence electrons. The first kappa shape index (κ1) is 24.3. The number of benzene rings is 2. The van der Waals surface area contributed by atoms with Crippen molar-refractivity contribution in [2.45, 2.75) is 39.7 Å². The molecule has 0 fully saturated rings.